The van der Waals surface area contributed by atoms with Gasteiger partial charge >= 0.3 is 6.18 Å². The quantitative estimate of drug-likeness (QED) is 0.317. The van der Waals surface area contributed by atoms with Crippen molar-refractivity contribution in [2.45, 2.75) is 6.18 Å². The predicted molar refractivity (Wildman–Crippen MR) is 107 cm³/mol. The maximum Gasteiger partial charge on any atom is 0.419 e. The zero-order valence-electron chi connectivity index (χ0n) is 15.6. The second kappa shape index (κ2) is 6.76. The Morgan fingerprint density at radius 3 is 2.52 bits per heavy atom. The van der Waals surface area contributed by atoms with Crippen LogP contribution in [0.15, 0.2) is 71.9 Å². The number of nitrogens with zero attached hydrogens (tertiary/aromatic N) is 3. The molecule has 0 unspecified atom stereocenters. The van der Waals surface area contributed by atoms with Gasteiger partial charge in [-0.1, -0.05) is 6.07 Å². The van der Waals surface area contributed by atoms with E-state index in [-0.39, 0.29) is 5.69 Å². The van der Waals surface area contributed by atoms with Crippen LogP contribution in [0.3, 0.4) is 0 Å². The molecule has 3 aromatic heterocycles. The third kappa shape index (κ3) is 3.14. The molecule has 154 valence electrons. The maximum absolute atomic E-state index is 13.8. The Morgan fingerprint density at radius 2 is 1.77 bits per heavy atom. The van der Waals surface area contributed by atoms with E-state index in [0.717, 1.165) is 21.8 Å². The molecule has 0 spiro atoms. The predicted octanol–water partition coefficient (Wildman–Crippen LogP) is 5.09. The number of rotatable bonds is 2. The summed E-state index contributed by atoms with van der Waals surface area (Å²) in [7, 11) is 0. The Morgan fingerprint density at radius 1 is 0.935 bits per heavy atom. The molecule has 31 heavy (non-hydrogen) atoms. The number of hydrogen-bond acceptors (Lipinski definition) is 3. The zero-order chi connectivity index (χ0) is 21.8. The third-order valence-electron chi connectivity index (χ3n) is 5.06. The molecule has 0 saturated heterocycles. The van der Waals surface area contributed by atoms with E-state index in [1.807, 2.05) is 6.07 Å². The largest absolute Gasteiger partial charge is 0.419 e. The molecule has 0 saturated carbocycles. The van der Waals surface area contributed by atoms with Gasteiger partial charge in [0.25, 0.3) is 5.56 Å². The van der Waals surface area contributed by atoms with Crippen molar-refractivity contribution in [2.75, 3.05) is 0 Å². The standard InChI is InChI=1S/C22H12F4N4O/c23-18-4-3-15(8-17(18)22(24,25)26)30-20(31)6-2-13-9-27-19-5-1-12(7-16(19)21(13)30)14-10-28-29-11-14/h1-11H,(H,28,29). The maximum atomic E-state index is 13.8. The molecule has 0 aliphatic rings. The fraction of sp³-hybridized carbons (Fsp3) is 0.0455. The summed E-state index contributed by atoms with van der Waals surface area (Å²) >= 11 is 0. The normalized spacial score (nSPS) is 12.0. The molecule has 0 amide bonds. The number of pyridine rings is 2. The molecule has 3 heterocycles. The van der Waals surface area contributed by atoms with E-state index in [9.17, 15) is 22.4 Å². The molecular formula is C22H12F4N4O. The van der Waals surface area contributed by atoms with E-state index in [1.165, 1.54) is 6.07 Å². The summed E-state index contributed by atoms with van der Waals surface area (Å²) in [6.45, 7) is 0. The van der Waals surface area contributed by atoms with E-state index in [0.29, 0.717) is 33.9 Å². The van der Waals surface area contributed by atoms with Gasteiger partial charge in [-0.25, -0.2) is 4.39 Å². The van der Waals surface area contributed by atoms with Crippen molar-refractivity contribution in [2.24, 2.45) is 0 Å². The smallest absolute Gasteiger partial charge is 0.285 e. The molecule has 5 nitrogen and oxygen atoms in total. The second-order valence-electron chi connectivity index (χ2n) is 6.95. The van der Waals surface area contributed by atoms with Crippen molar-refractivity contribution in [1.82, 2.24) is 19.7 Å². The number of benzene rings is 2. The second-order valence-corrected chi connectivity index (χ2v) is 6.95. The van der Waals surface area contributed by atoms with E-state index in [1.54, 1.807) is 36.8 Å². The van der Waals surface area contributed by atoms with Gasteiger partial charge in [0.15, 0.2) is 0 Å². The first-order chi connectivity index (χ1) is 14.8. The minimum absolute atomic E-state index is 0.0921. The lowest BCUT2D eigenvalue weighted by molar-refractivity contribution is -0.140. The molecular weight excluding hydrogens is 412 g/mol. The SMILES string of the molecule is O=c1ccc2cnc3ccc(-c4cn[nH]c4)cc3c2n1-c1ccc(F)c(C(F)(F)F)c1. The van der Waals surface area contributed by atoms with Crippen molar-refractivity contribution in [3.05, 3.63) is 88.9 Å². The van der Waals surface area contributed by atoms with Crippen LogP contribution in [0, 0.1) is 5.82 Å². The van der Waals surface area contributed by atoms with Crippen LogP contribution in [0.2, 0.25) is 0 Å². The molecule has 0 aliphatic heterocycles. The number of H-pyrrole nitrogens is 1. The summed E-state index contributed by atoms with van der Waals surface area (Å²) in [6, 6.07) is 10.7. The number of fused-ring (bicyclic) bond motifs is 3. The topological polar surface area (TPSA) is 63.6 Å². The Balaban J connectivity index is 1.88. The molecule has 5 aromatic rings. The molecule has 0 aliphatic carbocycles. The van der Waals surface area contributed by atoms with Crippen LogP contribution >= 0.6 is 0 Å². The van der Waals surface area contributed by atoms with Crippen molar-refractivity contribution in [3.8, 4) is 16.8 Å². The fourth-order valence-electron chi connectivity index (χ4n) is 3.63. The molecule has 1 N–H and O–H groups in total. The lowest BCUT2D eigenvalue weighted by Crippen LogP contribution is -2.19. The van der Waals surface area contributed by atoms with Crippen LogP contribution in [0.1, 0.15) is 5.56 Å². The van der Waals surface area contributed by atoms with Gasteiger partial charge in [0.1, 0.15) is 5.82 Å². The molecule has 0 bridgehead atoms. The number of alkyl halides is 3. The van der Waals surface area contributed by atoms with Gasteiger partial charge in [0.2, 0.25) is 0 Å². The molecule has 9 heteroatoms. The van der Waals surface area contributed by atoms with Crippen molar-refractivity contribution >= 4 is 21.8 Å². The van der Waals surface area contributed by atoms with E-state index in [4.69, 9.17) is 0 Å². The first kappa shape index (κ1) is 19.0. The Bertz CT molecular complexity index is 1500. The number of halogens is 4. The van der Waals surface area contributed by atoms with Crippen LogP contribution in [0.5, 0.6) is 0 Å². The molecule has 0 atom stereocenters. The van der Waals surface area contributed by atoms with Crippen LogP contribution in [-0.4, -0.2) is 19.7 Å². The van der Waals surface area contributed by atoms with Crippen LogP contribution in [0.25, 0.3) is 38.6 Å². The van der Waals surface area contributed by atoms with Crippen molar-refractivity contribution in [3.63, 3.8) is 0 Å². The number of nitrogens with one attached hydrogen (secondary N) is 1. The first-order valence-electron chi connectivity index (χ1n) is 9.14. The highest BCUT2D eigenvalue weighted by Gasteiger charge is 2.34. The van der Waals surface area contributed by atoms with Gasteiger partial charge in [0.05, 0.1) is 28.5 Å². The zero-order valence-corrected chi connectivity index (χ0v) is 15.6. The van der Waals surface area contributed by atoms with Crippen LogP contribution in [-0.2, 0) is 6.18 Å². The molecule has 0 radical (unpaired) electrons. The highest BCUT2D eigenvalue weighted by molar-refractivity contribution is 6.05. The number of aromatic nitrogens is 4. The summed E-state index contributed by atoms with van der Waals surface area (Å²) < 4.78 is 54.8. The Kier molecular flexibility index (Phi) is 4.14. The number of aromatic amines is 1. The van der Waals surface area contributed by atoms with Gasteiger partial charge in [-0.2, -0.15) is 18.3 Å². The van der Waals surface area contributed by atoms with Gasteiger partial charge in [0, 0.05) is 34.8 Å². The van der Waals surface area contributed by atoms with E-state index >= 15 is 0 Å². The highest BCUT2D eigenvalue weighted by Crippen LogP contribution is 2.34. The molecule has 2 aromatic carbocycles. The van der Waals surface area contributed by atoms with Gasteiger partial charge in [-0.05, 0) is 42.0 Å². The molecule has 0 fully saturated rings. The minimum atomic E-state index is -4.90. The van der Waals surface area contributed by atoms with Crippen molar-refractivity contribution < 1.29 is 17.6 Å². The van der Waals surface area contributed by atoms with Crippen LogP contribution < -0.4 is 5.56 Å². The van der Waals surface area contributed by atoms with Gasteiger partial charge in [-0.15, -0.1) is 0 Å². The van der Waals surface area contributed by atoms with E-state index < -0.39 is 23.1 Å². The summed E-state index contributed by atoms with van der Waals surface area (Å²) in [5, 5.41) is 7.76. The van der Waals surface area contributed by atoms with Crippen LogP contribution in [0.4, 0.5) is 17.6 Å². The van der Waals surface area contributed by atoms with Gasteiger partial charge in [-0.3, -0.25) is 19.4 Å². The first-order valence-corrected chi connectivity index (χ1v) is 9.14. The average molecular weight is 424 g/mol. The number of hydrogen-bond donors (Lipinski definition) is 1. The summed E-state index contributed by atoms with van der Waals surface area (Å²) in [5.41, 5.74) is 0.434. The fourth-order valence-corrected chi connectivity index (χ4v) is 3.63. The van der Waals surface area contributed by atoms with E-state index in [2.05, 4.69) is 15.2 Å². The molecule has 5 rings (SSSR count). The lowest BCUT2D eigenvalue weighted by Gasteiger charge is -2.15. The summed E-state index contributed by atoms with van der Waals surface area (Å²) in [6.07, 6.45) is -0.0313. The monoisotopic (exact) mass is 424 g/mol. The third-order valence-corrected chi connectivity index (χ3v) is 5.06. The highest BCUT2D eigenvalue weighted by atomic mass is 19.4. The van der Waals surface area contributed by atoms with Crippen molar-refractivity contribution in [1.29, 1.82) is 0 Å². The Hall–Kier alpha value is -4.01. The lowest BCUT2D eigenvalue weighted by atomic mass is 10.0. The average Bonchev–Trinajstić information content (AvgIpc) is 3.28. The van der Waals surface area contributed by atoms with Gasteiger partial charge < -0.3 is 0 Å². The minimum Gasteiger partial charge on any atom is -0.285 e. The summed E-state index contributed by atoms with van der Waals surface area (Å²) in [5.74, 6) is -1.40. The Labute approximate surface area is 171 Å². The summed E-state index contributed by atoms with van der Waals surface area (Å²) in [4.78, 5) is 17.2.